The smallest absolute Gasteiger partial charge is 0.224 e. The van der Waals surface area contributed by atoms with E-state index in [2.05, 4.69) is 24.1 Å². The Hall–Kier alpha value is -1.55. The Balaban J connectivity index is 2.32. The molecule has 0 aromatic heterocycles. The van der Waals surface area contributed by atoms with E-state index < -0.39 is 0 Å². The first-order chi connectivity index (χ1) is 8.67. The van der Waals surface area contributed by atoms with Crippen LogP contribution in [0.15, 0.2) is 24.3 Å². The second-order valence-corrected chi connectivity index (χ2v) is 4.18. The Morgan fingerprint density at radius 2 is 1.94 bits per heavy atom. The molecule has 0 aliphatic carbocycles. The lowest BCUT2D eigenvalue weighted by atomic mass is 10.1. The number of hydrogen-bond donors (Lipinski definition) is 2. The monoisotopic (exact) mass is 250 g/mol. The summed E-state index contributed by atoms with van der Waals surface area (Å²) in [5.41, 5.74) is 0.665. The molecule has 1 rings (SSSR count). The van der Waals surface area contributed by atoms with Gasteiger partial charge in [-0.15, -0.1) is 0 Å². The van der Waals surface area contributed by atoms with Gasteiger partial charge in [0, 0.05) is 18.7 Å². The fraction of sp³-hybridized carbons (Fsp3) is 0.500. The quantitative estimate of drug-likeness (QED) is 0.769. The van der Waals surface area contributed by atoms with Crippen molar-refractivity contribution in [1.29, 1.82) is 0 Å². The minimum Gasteiger partial charge on any atom is -0.508 e. The first-order valence-electron chi connectivity index (χ1n) is 6.43. The summed E-state index contributed by atoms with van der Waals surface area (Å²) in [7, 11) is 0. The number of amides is 1. The molecule has 4 nitrogen and oxygen atoms in total. The molecule has 2 N–H and O–H groups in total. The normalized spacial score (nSPS) is 10.6. The summed E-state index contributed by atoms with van der Waals surface area (Å²) in [6, 6.07) is 6.92. The topological polar surface area (TPSA) is 52.6 Å². The van der Waals surface area contributed by atoms with E-state index in [1.807, 2.05) is 6.07 Å². The lowest BCUT2D eigenvalue weighted by Crippen LogP contribution is -2.35. The third-order valence-corrected chi connectivity index (χ3v) is 2.99. The van der Waals surface area contributed by atoms with E-state index in [-0.39, 0.29) is 18.1 Å². The molecule has 0 spiro atoms. The van der Waals surface area contributed by atoms with Crippen LogP contribution in [-0.2, 0) is 11.2 Å². The number of nitrogens with one attached hydrogen (secondary N) is 1. The standard InChI is InChI=1S/C14H22N2O2/c1-3-16(4-2)10-9-15-14(18)11-12-7-5-6-8-13(12)17/h5-8,17H,3-4,9-11H2,1-2H3,(H,15,18). The molecule has 0 heterocycles. The summed E-state index contributed by atoms with van der Waals surface area (Å²) in [5, 5.41) is 12.4. The highest BCUT2D eigenvalue weighted by Crippen LogP contribution is 2.15. The fourth-order valence-corrected chi connectivity index (χ4v) is 1.79. The maximum Gasteiger partial charge on any atom is 0.224 e. The molecule has 4 heteroatoms. The molecule has 0 fully saturated rings. The number of hydrogen-bond acceptors (Lipinski definition) is 3. The summed E-state index contributed by atoms with van der Waals surface area (Å²) >= 11 is 0. The molecule has 100 valence electrons. The third kappa shape index (κ3) is 4.75. The zero-order chi connectivity index (χ0) is 13.4. The number of carbonyl (C=O) groups is 1. The Kier molecular flexibility index (Phi) is 6.22. The maximum atomic E-state index is 11.7. The largest absolute Gasteiger partial charge is 0.508 e. The van der Waals surface area contributed by atoms with Crippen LogP contribution in [0.4, 0.5) is 0 Å². The number of aromatic hydroxyl groups is 1. The molecular formula is C14H22N2O2. The van der Waals surface area contributed by atoms with E-state index in [1.54, 1.807) is 18.2 Å². The van der Waals surface area contributed by atoms with Crippen LogP contribution in [0.3, 0.4) is 0 Å². The third-order valence-electron chi connectivity index (χ3n) is 2.99. The molecule has 0 bridgehead atoms. The van der Waals surface area contributed by atoms with E-state index in [1.165, 1.54) is 0 Å². The van der Waals surface area contributed by atoms with Crippen molar-refractivity contribution in [1.82, 2.24) is 10.2 Å². The van der Waals surface area contributed by atoms with Crippen molar-refractivity contribution in [2.75, 3.05) is 26.2 Å². The Labute approximate surface area is 109 Å². The number of nitrogens with zero attached hydrogens (tertiary/aromatic N) is 1. The van der Waals surface area contributed by atoms with Crippen molar-refractivity contribution in [3.05, 3.63) is 29.8 Å². The average molecular weight is 250 g/mol. The van der Waals surface area contributed by atoms with Crippen molar-refractivity contribution < 1.29 is 9.90 Å². The lowest BCUT2D eigenvalue weighted by molar-refractivity contribution is -0.120. The lowest BCUT2D eigenvalue weighted by Gasteiger charge is -2.17. The molecule has 1 aromatic rings. The predicted molar refractivity (Wildman–Crippen MR) is 72.6 cm³/mol. The van der Waals surface area contributed by atoms with Gasteiger partial charge in [-0.25, -0.2) is 0 Å². The SMILES string of the molecule is CCN(CC)CCNC(=O)Cc1ccccc1O. The number of benzene rings is 1. The summed E-state index contributed by atoms with van der Waals surface area (Å²) in [4.78, 5) is 13.9. The number of para-hydroxylation sites is 1. The molecule has 0 saturated carbocycles. The molecule has 1 amide bonds. The molecule has 18 heavy (non-hydrogen) atoms. The van der Waals surface area contributed by atoms with Gasteiger partial charge in [-0.05, 0) is 19.2 Å². The molecule has 0 unspecified atom stereocenters. The van der Waals surface area contributed by atoms with E-state index in [4.69, 9.17) is 0 Å². The highest BCUT2D eigenvalue weighted by atomic mass is 16.3. The van der Waals surface area contributed by atoms with Crippen molar-refractivity contribution in [3.63, 3.8) is 0 Å². The van der Waals surface area contributed by atoms with Crippen LogP contribution in [0.2, 0.25) is 0 Å². The van der Waals surface area contributed by atoms with Gasteiger partial charge >= 0.3 is 0 Å². The molecule has 1 aromatic carbocycles. The van der Waals surface area contributed by atoms with Gasteiger partial charge in [0.2, 0.25) is 5.91 Å². The van der Waals surface area contributed by atoms with Crippen LogP contribution in [0.25, 0.3) is 0 Å². The highest BCUT2D eigenvalue weighted by molar-refractivity contribution is 5.79. The first-order valence-corrected chi connectivity index (χ1v) is 6.43. The number of rotatable bonds is 7. The van der Waals surface area contributed by atoms with Crippen molar-refractivity contribution in [2.45, 2.75) is 20.3 Å². The number of carbonyl (C=O) groups excluding carboxylic acids is 1. The van der Waals surface area contributed by atoms with Gasteiger partial charge in [0.25, 0.3) is 0 Å². The van der Waals surface area contributed by atoms with Crippen molar-refractivity contribution >= 4 is 5.91 Å². The number of phenols is 1. The van der Waals surface area contributed by atoms with E-state index in [0.29, 0.717) is 12.1 Å². The van der Waals surface area contributed by atoms with Gasteiger partial charge in [0.15, 0.2) is 0 Å². The van der Waals surface area contributed by atoms with Crippen LogP contribution in [0.5, 0.6) is 5.75 Å². The summed E-state index contributed by atoms with van der Waals surface area (Å²) in [6.45, 7) is 7.70. The zero-order valence-corrected chi connectivity index (χ0v) is 11.1. The summed E-state index contributed by atoms with van der Waals surface area (Å²) in [6.07, 6.45) is 0.227. The fourth-order valence-electron chi connectivity index (χ4n) is 1.79. The van der Waals surface area contributed by atoms with Gasteiger partial charge in [0.05, 0.1) is 6.42 Å². The van der Waals surface area contributed by atoms with Gasteiger partial charge in [-0.1, -0.05) is 32.0 Å². The van der Waals surface area contributed by atoms with Gasteiger partial charge in [-0.2, -0.15) is 0 Å². The molecule has 0 aliphatic heterocycles. The van der Waals surface area contributed by atoms with Crippen LogP contribution < -0.4 is 5.32 Å². The molecule has 0 aliphatic rings. The van der Waals surface area contributed by atoms with E-state index in [9.17, 15) is 9.90 Å². The zero-order valence-electron chi connectivity index (χ0n) is 11.1. The summed E-state index contributed by atoms with van der Waals surface area (Å²) in [5.74, 6) is 0.125. The Bertz CT molecular complexity index is 376. The Morgan fingerprint density at radius 3 is 2.56 bits per heavy atom. The van der Waals surface area contributed by atoms with Gasteiger partial charge in [0.1, 0.15) is 5.75 Å². The second kappa shape index (κ2) is 7.71. The highest BCUT2D eigenvalue weighted by Gasteiger charge is 2.07. The molecule has 0 atom stereocenters. The van der Waals surface area contributed by atoms with Crippen LogP contribution >= 0.6 is 0 Å². The second-order valence-electron chi connectivity index (χ2n) is 4.18. The predicted octanol–water partition coefficient (Wildman–Crippen LogP) is 1.39. The molecule has 0 saturated heterocycles. The van der Waals surface area contributed by atoms with Gasteiger partial charge in [-0.3, -0.25) is 4.79 Å². The number of likely N-dealkylation sites (N-methyl/N-ethyl adjacent to an activating group) is 1. The summed E-state index contributed by atoms with van der Waals surface area (Å²) < 4.78 is 0. The maximum absolute atomic E-state index is 11.7. The van der Waals surface area contributed by atoms with Crippen LogP contribution in [0, 0.1) is 0 Å². The van der Waals surface area contributed by atoms with Crippen molar-refractivity contribution in [3.8, 4) is 5.75 Å². The molecule has 0 radical (unpaired) electrons. The van der Waals surface area contributed by atoms with Gasteiger partial charge < -0.3 is 15.3 Å². The average Bonchev–Trinajstić information content (AvgIpc) is 2.37. The Morgan fingerprint density at radius 1 is 1.28 bits per heavy atom. The van der Waals surface area contributed by atoms with Crippen molar-refractivity contribution in [2.24, 2.45) is 0 Å². The van der Waals surface area contributed by atoms with E-state index in [0.717, 1.165) is 19.6 Å². The first kappa shape index (κ1) is 14.5. The van der Waals surface area contributed by atoms with Crippen LogP contribution in [0.1, 0.15) is 19.4 Å². The van der Waals surface area contributed by atoms with E-state index >= 15 is 0 Å². The minimum absolute atomic E-state index is 0.0522. The number of phenolic OH excluding ortho intramolecular Hbond substituents is 1. The minimum atomic E-state index is -0.0522. The molecular weight excluding hydrogens is 228 g/mol. The van der Waals surface area contributed by atoms with Crippen LogP contribution in [-0.4, -0.2) is 42.1 Å².